The molecule has 0 saturated carbocycles. The number of ether oxygens (including phenoxy) is 1. The van der Waals surface area contributed by atoms with Crippen molar-refractivity contribution in [3.63, 3.8) is 0 Å². The van der Waals surface area contributed by atoms with Crippen LogP contribution in [0.15, 0.2) is 24.3 Å². The average Bonchev–Trinajstić information content (AvgIpc) is 3.45. The van der Waals surface area contributed by atoms with E-state index in [0.29, 0.717) is 25.9 Å². The van der Waals surface area contributed by atoms with Gasteiger partial charge in [0.05, 0.1) is 25.4 Å². The first-order valence-electron chi connectivity index (χ1n) is 36.1. The highest BCUT2D eigenvalue weighted by molar-refractivity contribution is 5.76. The van der Waals surface area contributed by atoms with E-state index in [1.54, 1.807) is 0 Å². The largest absolute Gasteiger partial charge is 0.466 e. The zero-order chi connectivity index (χ0) is 57.1. The van der Waals surface area contributed by atoms with Crippen LogP contribution in [0.1, 0.15) is 406 Å². The van der Waals surface area contributed by atoms with Gasteiger partial charge in [-0.1, -0.05) is 340 Å². The number of esters is 1. The molecule has 0 aliphatic carbocycles. The van der Waals surface area contributed by atoms with Crippen molar-refractivity contribution in [2.24, 2.45) is 0 Å². The molecular weight excluding hydrogens is 971 g/mol. The summed E-state index contributed by atoms with van der Waals surface area (Å²) in [4.78, 5) is 24.6. The predicted octanol–water partition coefficient (Wildman–Crippen LogP) is 23.3. The van der Waals surface area contributed by atoms with Crippen molar-refractivity contribution in [2.75, 3.05) is 13.2 Å². The summed E-state index contributed by atoms with van der Waals surface area (Å²) in [7, 11) is 0. The maximum absolute atomic E-state index is 12.5. The molecule has 0 saturated heterocycles. The Bertz CT molecular complexity index is 1230. The molecule has 1 amide bonds. The number of hydrogen-bond donors (Lipinski definition) is 3. The van der Waals surface area contributed by atoms with E-state index in [1.165, 1.54) is 327 Å². The fourth-order valence-corrected chi connectivity index (χ4v) is 11.5. The second kappa shape index (κ2) is 68.8. The van der Waals surface area contributed by atoms with Crippen LogP contribution in [0.2, 0.25) is 0 Å². The van der Waals surface area contributed by atoms with Gasteiger partial charge in [0.2, 0.25) is 5.91 Å². The maximum Gasteiger partial charge on any atom is 0.305 e. The lowest BCUT2D eigenvalue weighted by Gasteiger charge is -2.22. The van der Waals surface area contributed by atoms with Gasteiger partial charge in [-0.2, -0.15) is 0 Å². The standard InChI is InChI=1S/C73H141NO5/c1-3-5-7-9-11-13-15-17-18-19-32-35-38-42-45-49-53-57-61-65-71(76)70(69-75)74-72(77)66-62-58-54-50-46-43-39-36-33-30-28-26-24-22-20-21-23-25-27-29-31-34-37-40-44-48-52-56-60-64-68-79-73(78)67-63-59-55-51-47-41-16-14-12-10-8-6-4-2/h14,16,21,23,70-71,75-76H,3-13,15,17-20,22,24-69H2,1-2H3,(H,74,77)/b16-14-,23-21-. The number of unbranched alkanes of at least 4 members (excludes halogenated alkanes) is 53. The van der Waals surface area contributed by atoms with Crippen molar-refractivity contribution in [3.05, 3.63) is 24.3 Å². The predicted molar refractivity (Wildman–Crippen MR) is 347 cm³/mol. The zero-order valence-electron chi connectivity index (χ0n) is 53.6. The number of hydrogen-bond acceptors (Lipinski definition) is 5. The molecule has 0 aromatic heterocycles. The quantitative estimate of drug-likeness (QED) is 0.0320. The van der Waals surface area contributed by atoms with Crippen LogP contribution < -0.4 is 5.32 Å². The Morgan fingerprint density at radius 2 is 0.595 bits per heavy atom. The Morgan fingerprint density at radius 3 is 0.911 bits per heavy atom. The normalized spacial score (nSPS) is 12.6. The SMILES string of the molecule is CCCCCC/C=C\CCCCCCCC(=O)OCCCCCCCCCCCCCC/C=C\CCCCCCCCCCCCCCCCC(=O)NC(CO)C(O)CCCCCCCCCCCCCCCCCCCCC. The molecule has 6 heteroatoms. The molecule has 0 aromatic rings. The average molecular weight is 1110 g/mol. The lowest BCUT2D eigenvalue weighted by molar-refractivity contribution is -0.143. The number of amides is 1. The molecule has 0 heterocycles. The Labute approximate surface area is 494 Å². The van der Waals surface area contributed by atoms with Gasteiger partial charge in [-0.3, -0.25) is 9.59 Å². The van der Waals surface area contributed by atoms with Gasteiger partial charge in [0.25, 0.3) is 0 Å². The maximum atomic E-state index is 12.5. The van der Waals surface area contributed by atoms with Crippen LogP contribution in [0.25, 0.3) is 0 Å². The number of carbonyl (C=O) groups is 2. The zero-order valence-corrected chi connectivity index (χ0v) is 53.6. The van der Waals surface area contributed by atoms with Gasteiger partial charge >= 0.3 is 5.97 Å². The van der Waals surface area contributed by atoms with E-state index in [9.17, 15) is 19.8 Å². The lowest BCUT2D eigenvalue weighted by Crippen LogP contribution is -2.45. The van der Waals surface area contributed by atoms with Gasteiger partial charge in [-0.15, -0.1) is 0 Å². The number of rotatable bonds is 68. The molecule has 0 radical (unpaired) electrons. The third kappa shape index (κ3) is 65.4. The van der Waals surface area contributed by atoms with E-state index < -0.39 is 12.1 Å². The van der Waals surface area contributed by atoms with Gasteiger partial charge in [0.15, 0.2) is 0 Å². The van der Waals surface area contributed by atoms with Gasteiger partial charge in [-0.05, 0) is 77.0 Å². The fraction of sp³-hybridized carbons (Fsp3) is 0.918. The molecule has 0 aliphatic rings. The van der Waals surface area contributed by atoms with Gasteiger partial charge in [0, 0.05) is 12.8 Å². The molecule has 0 spiro atoms. The van der Waals surface area contributed by atoms with Crippen molar-refractivity contribution in [3.8, 4) is 0 Å². The van der Waals surface area contributed by atoms with Crippen LogP contribution in [-0.2, 0) is 14.3 Å². The summed E-state index contributed by atoms with van der Waals surface area (Å²) in [6, 6.07) is -0.541. The van der Waals surface area contributed by atoms with Crippen LogP contribution in [0.4, 0.5) is 0 Å². The van der Waals surface area contributed by atoms with E-state index in [-0.39, 0.29) is 18.5 Å². The molecule has 3 N–H and O–H groups in total. The Balaban J connectivity index is 3.37. The molecule has 0 bridgehead atoms. The third-order valence-electron chi connectivity index (χ3n) is 17.0. The summed E-state index contributed by atoms with van der Waals surface area (Å²) < 4.78 is 5.48. The first-order chi connectivity index (χ1) is 39.0. The molecule has 6 nitrogen and oxygen atoms in total. The van der Waals surface area contributed by atoms with Crippen LogP contribution in [0.3, 0.4) is 0 Å². The molecule has 0 fully saturated rings. The van der Waals surface area contributed by atoms with Crippen molar-refractivity contribution in [1.29, 1.82) is 0 Å². The lowest BCUT2D eigenvalue weighted by atomic mass is 10.0. The van der Waals surface area contributed by atoms with E-state index in [4.69, 9.17) is 4.74 Å². The van der Waals surface area contributed by atoms with E-state index in [2.05, 4.69) is 43.5 Å². The molecule has 2 atom stereocenters. The molecule has 0 aromatic carbocycles. The molecule has 0 aliphatic heterocycles. The molecule has 468 valence electrons. The van der Waals surface area contributed by atoms with Crippen molar-refractivity contribution in [2.45, 2.75) is 418 Å². The highest BCUT2D eigenvalue weighted by Gasteiger charge is 2.20. The Kier molecular flexibility index (Phi) is 67.4. The van der Waals surface area contributed by atoms with Gasteiger partial charge < -0.3 is 20.3 Å². The number of aliphatic hydroxyl groups excluding tert-OH is 2. The minimum absolute atomic E-state index is 0.00850. The monoisotopic (exact) mass is 1110 g/mol. The van der Waals surface area contributed by atoms with Crippen LogP contribution in [0, 0.1) is 0 Å². The van der Waals surface area contributed by atoms with Crippen LogP contribution >= 0.6 is 0 Å². The van der Waals surface area contributed by atoms with Crippen molar-refractivity contribution < 1.29 is 24.5 Å². The van der Waals surface area contributed by atoms with Gasteiger partial charge in [-0.25, -0.2) is 0 Å². The molecule has 0 rings (SSSR count). The van der Waals surface area contributed by atoms with Crippen LogP contribution in [-0.4, -0.2) is 47.4 Å². The first-order valence-corrected chi connectivity index (χ1v) is 36.1. The Morgan fingerprint density at radius 1 is 0.342 bits per heavy atom. The summed E-state index contributed by atoms with van der Waals surface area (Å²) in [6.07, 6.45) is 86.6. The summed E-state index contributed by atoms with van der Waals surface area (Å²) >= 11 is 0. The summed E-state index contributed by atoms with van der Waals surface area (Å²) in [5, 5.41) is 23.4. The van der Waals surface area contributed by atoms with Crippen molar-refractivity contribution >= 4 is 11.9 Å². The smallest absolute Gasteiger partial charge is 0.305 e. The third-order valence-corrected chi connectivity index (χ3v) is 17.0. The first kappa shape index (κ1) is 77.3. The van der Waals surface area contributed by atoms with Crippen molar-refractivity contribution in [1.82, 2.24) is 5.32 Å². The molecule has 2 unspecified atom stereocenters. The topological polar surface area (TPSA) is 95.9 Å². The Hall–Kier alpha value is -1.66. The summed E-state index contributed by atoms with van der Waals surface area (Å²) in [6.45, 7) is 4.97. The summed E-state index contributed by atoms with van der Waals surface area (Å²) in [5.41, 5.74) is 0. The van der Waals surface area contributed by atoms with Gasteiger partial charge in [0.1, 0.15) is 0 Å². The van der Waals surface area contributed by atoms with E-state index in [0.717, 1.165) is 44.9 Å². The van der Waals surface area contributed by atoms with E-state index >= 15 is 0 Å². The number of allylic oxidation sites excluding steroid dienone is 4. The highest BCUT2D eigenvalue weighted by Crippen LogP contribution is 2.19. The second-order valence-corrected chi connectivity index (χ2v) is 24.9. The number of carbonyl (C=O) groups excluding carboxylic acids is 2. The highest BCUT2D eigenvalue weighted by atomic mass is 16.5. The van der Waals surface area contributed by atoms with E-state index in [1.807, 2.05) is 0 Å². The second-order valence-electron chi connectivity index (χ2n) is 24.9. The summed E-state index contributed by atoms with van der Waals surface area (Å²) in [5.74, 6) is -0.0208. The van der Waals surface area contributed by atoms with Crippen LogP contribution in [0.5, 0.6) is 0 Å². The molecule has 79 heavy (non-hydrogen) atoms. The minimum atomic E-state index is -0.664. The fourth-order valence-electron chi connectivity index (χ4n) is 11.5. The number of aliphatic hydroxyl groups is 2. The molecular formula is C73H141NO5. The number of nitrogens with one attached hydrogen (secondary N) is 1. The minimum Gasteiger partial charge on any atom is -0.466 e.